The number of halogens is 2. The van der Waals surface area contributed by atoms with Crippen LogP contribution in [-0.4, -0.2) is 9.91 Å². The summed E-state index contributed by atoms with van der Waals surface area (Å²) in [6.07, 6.45) is 2.66. The maximum Gasteiger partial charge on any atom is 0.311 e. The standard InChI is InChI=1S/C15H15F2N3O2/c1-2-4-13(11-7-6-10(16)9-12(11)17)19-15-14(20(21)22)5-3-8-18-15/h3,5-9,13H,2,4H2,1H3,(H,18,19)/t13-/m0/s1. The lowest BCUT2D eigenvalue weighted by Gasteiger charge is -2.19. The molecule has 0 amide bonds. The zero-order valence-corrected chi connectivity index (χ0v) is 11.9. The smallest absolute Gasteiger partial charge is 0.311 e. The van der Waals surface area contributed by atoms with Gasteiger partial charge in [-0.2, -0.15) is 0 Å². The van der Waals surface area contributed by atoms with Crippen LogP contribution in [0, 0.1) is 21.7 Å². The quantitative estimate of drug-likeness (QED) is 0.641. The minimum Gasteiger partial charge on any atom is -0.357 e. The van der Waals surface area contributed by atoms with Gasteiger partial charge in [-0.3, -0.25) is 10.1 Å². The molecule has 2 aromatic rings. The van der Waals surface area contributed by atoms with Crippen molar-refractivity contribution in [3.63, 3.8) is 0 Å². The van der Waals surface area contributed by atoms with Gasteiger partial charge < -0.3 is 5.32 Å². The molecular formula is C15H15F2N3O2. The molecule has 1 N–H and O–H groups in total. The Labute approximate surface area is 126 Å². The van der Waals surface area contributed by atoms with Crippen molar-refractivity contribution in [1.29, 1.82) is 0 Å². The van der Waals surface area contributed by atoms with Crippen LogP contribution in [0.15, 0.2) is 36.5 Å². The normalized spacial score (nSPS) is 12.0. The number of anilines is 1. The summed E-state index contributed by atoms with van der Waals surface area (Å²) in [7, 11) is 0. The molecule has 0 fully saturated rings. The summed E-state index contributed by atoms with van der Waals surface area (Å²) in [6, 6.07) is 5.55. The first kappa shape index (κ1) is 15.8. The van der Waals surface area contributed by atoms with Gasteiger partial charge in [0.2, 0.25) is 5.82 Å². The molecule has 5 nitrogen and oxygen atoms in total. The third kappa shape index (κ3) is 3.55. The van der Waals surface area contributed by atoms with E-state index in [2.05, 4.69) is 10.3 Å². The first-order valence-corrected chi connectivity index (χ1v) is 6.83. The largest absolute Gasteiger partial charge is 0.357 e. The predicted molar refractivity (Wildman–Crippen MR) is 78.5 cm³/mol. The van der Waals surface area contributed by atoms with E-state index in [4.69, 9.17) is 0 Å². The van der Waals surface area contributed by atoms with Gasteiger partial charge in [-0.05, 0) is 18.6 Å². The maximum atomic E-state index is 14.0. The Hall–Kier alpha value is -2.57. The highest BCUT2D eigenvalue weighted by Crippen LogP contribution is 2.29. The molecule has 0 unspecified atom stereocenters. The zero-order valence-electron chi connectivity index (χ0n) is 11.9. The van der Waals surface area contributed by atoms with Crippen LogP contribution in [-0.2, 0) is 0 Å². The average molecular weight is 307 g/mol. The highest BCUT2D eigenvalue weighted by Gasteiger charge is 2.21. The van der Waals surface area contributed by atoms with Crippen molar-refractivity contribution in [3.8, 4) is 0 Å². The van der Waals surface area contributed by atoms with Gasteiger partial charge in [0.1, 0.15) is 11.6 Å². The molecule has 0 saturated carbocycles. The molecule has 0 spiro atoms. The van der Waals surface area contributed by atoms with E-state index in [1.165, 1.54) is 24.4 Å². The second kappa shape index (κ2) is 6.93. The highest BCUT2D eigenvalue weighted by atomic mass is 19.1. The number of aromatic nitrogens is 1. The number of nitro groups is 1. The number of pyridine rings is 1. The number of nitrogens with one attached hydrogen (secondary N) is 1. The van der Waals surface area contributed by atoms with Crippen LogP contribution in [0.3, 0.4) is 0 Å². The second-order valence-corrected chi connectivity index (χ2v) is 4.78. The Morgan fingerprint density at radius 3 is 2.77 bits per heavy atom. The van der Waals surface area contributed by atoms with Crippen LogP contribution < -0.4 is 5.32 Å². The fourth-order valence-corrected chi connectivity index (χ4v) is 2.20. The number of hydrogen-bond acceptors (Lipinski definition) is 4. The van der Waals surface area contributed by atoms with Crippen LogP contribution >= 0.6 is 0 Å². The molecule has 1 aromatic carbocycles. The van der Waals surface area contributed by atoms with E-state index in [1.54, 1.807) is 0 Å². The third-order valence-electron chi connectivity index (χ3n) is 3.21. The van der Waals surface area contributed by atoms with Gasteiger partial charge in [-0.15, -0.1) is 0 Å². The third-order valence-corrected chi connectivity index (χ3v) is 3.21. The highest BCUT2D eigenvalue weighted by molar-refractivity contribution is 5.56. The molecule has 22 heavy (non-hydrogen) atoms. The van der Waals surface area contributed by atoms with Crippen LogP contribution in [0.5, 0.6) is 0 Å². The molecule has 1 atom stereocenters. The second-order valence-electron chi connectivity index (χ2n) is 4.78. The molecule has 0 aliphatic heterocycles. The fraction of sp³-hybridized carbons (Fsp3) is 0.267. The van der Waals surface area contributed by atoms with Crippen molar-refractivity contribution in [2.45, 2.75) is 25.8 Å². The van der Waals surface area contributed by atoms with Gasteiger partial charge >= 0.3 is 5.69 Å². The lowest BCUT2D eigenvalue weighted by Crippen LogP contribution is -2.14. The molecule has 2 rings (SSSR count). The lowest BCUT2D eigenvalue weighted by atomic mass is 10.0. The summed E-state index contributed by atoms with van der Waals surface area (Å²) in [5.41, 5.74) is 0.0642. The SMILES string of the molecule is CCC[C@H](Nc1ncccc1[N+](=O)[O-])c1ccc(F)cc1F. The minimum atomic E-state index is -0.690. The van der Waals surface area contributed by atoms with E-state index in [0.29, 0.717) is 6.42 Å². The summed E-state index contributed by atoms with van der Waals surface area (Å²) in [5.74, 6) is -1.29. The van der Waals surface area contributed by atoms with Gasteiger partial charge in [0, 0.05) is 23.9 Å². The molecule has 1 heterocycles. The number of nitrogens with zero attached hydrogens (tertiary/aromatic N) is 2. The number of rotatable bonds is 6. The van der Waals surface area contributed by atoms with Gasteiger partial charge in [0.15, 0.2) is 0 Å². The van der Waals surface area contributed by atoms with E-state index in [9.17, 15) is 18.9 Å². The van der Waals surface area contributed by atoms with Gasteiger partial charge in [-0.25, -0.2) is 13.8 Å². The maximum absolute atomic E-state index is 14.0. The molecule has 0 radical (unpaired) electrons. The first-order chi connectivity index (χ1) is 10.5. The van der Waals surface area contributed by atoms with E-state index in [-0.39, 0.29) is 17.1 Å². The molecule has 1 aromatic heterocycles. The summed E-state index contributed by atoms with van der Waals surface area (Å²) in [4.78, 5) is 14.4. The van der Waals surface area contributed by atoms with Gasteiger partial charge in [0.25, 0.3) is 0 Å². The van der Waals surface area contributed by atoms with Crippen LogP contribution in [0.2, 0.25) is 0 Å². The molecule has 7 heteroatoms. The topological polar surface area (TPSA) is 68.1 Å². The Balaban J connectivity index is 2.35. The number of hydrogen-bond donors (Lipinski definition) is 1. The van der Waals surface area contributed by atoms with Crippen molar-refractivity contribution in [2.24, 2.45) is 0 Å². The Morgan fingerprint density at radius 2 is 2.14 bits per heavy atom. The van der Waals surface area contributed by atoms with Crippen molar-refractivity contribution in [1.82, 2.24) is 4.98 Å². The summed E-state index contributed by atoms with van der Waals surface area (Å²) in [6.45, 7) is 1.91. The van der Waals surface area contributed by atoms with Gasteiger partial charge in [-0.1, -0.05) is 19.4 Å². The monoisotopic (exact) mass is 307 g/mol. The molecule has 0 saturated heterocycles. The van der Waals surface area contributed by atoms with E-state index in [1.807, 2.05) is 6.92 Å². The van der Waals surface area contributed by atoms with Crippen LogP contribution in [0.25, 0.3) is 0 Å². The first-order valence-electron chi connectivity index (χ1n) is 6.83. The lowest BCUT2D eigenvalue weighted by molar-refractivity contribution is -0.384. The molecule has 0 aliphatic rings. The average Bonchev–Trinajstić information content (AvgIpc) is 2.47. The minimum absolute atomic E-state index is 0.0645. The van der Waals surface area contributed by atoms with E-state index >= 15 is 0 Å². The molecule has 0 bridgehead atoms. The summed E-state index contributed by atoms with van der Waals surface area (Å²) < 4.78 is 27.0. The summed E-state index contributed by atoms with van der Waals surface area (Å²) >= 11 is 0. The predicted octanol–water partition coefficient (Wildman–Crippen LogP) is 4.22. The fourth-order valence-electron chi connectivity index (χ4n) is 2.20. The Morgan fingerprint density at radius 1 is 1.36 bits per heavy atom. The Kier molecular flexibility index (Phi) is 4.98. The van der Waals surface area contributed by atoms with Crippen LogP contribution in [0.4, 0.5) is 20.3 Å². The van der Waals surface area contributed by atoms with Crippen molar-refractivity contribution in [2.75, 3.05) is 5.32 Å². The molecule has 116 valence electrons. The van der Waals surface area contributed by atoms with Crippen molar-refractivity contribution >= 4 is 11.5 Å². The zero-order chi connectivity index (χ0) is 16.1. The molecule has 0 aliphatic carbocycles. The Bertz CT molecular complexity index is 680. The number of benzene rings is 1. The van der Waals surface area contributed by atoms with E-state index < -0.39 is 22.6 Å². The van der Waals surface area contributed by atoms with Crippen molar-refractivity contribution < 1.29 is 13.7 Å². The van der Waals surface area contributed by atoms with E-state index in [0.717, 1.165) is 18.6 Å². The van der Waals surface area contributed by atoms with Crippen molar-refractivity contribution in [3.05, 3.63) is 63.8 Å². The summed E-state index contributed by atoms with van der Waals surface area (Å²) in [5, 5.41) is 13.9. The molecular weight excluding hydrogens is 292 g/mol. The van der Waals surface area contributed by atoms with Crippen LogP contribution in [0.1, 0.15) is 31.4 Å². The van der Waals surface area contributed by atoms with Gasteiger partial charge in [0.05, 0.1) is 11.0 Å².